The number of benzene rings is 5. The summed E-state index contributed by atoms with van der Waals surface area (Å²) in [5, 5.41) is 9.01. The molecular weight excluding hydrogens is 657 g/mol. The van der Waals surface area contributed by atoms with Crippen LogP contribution in [0, 0.1) is 0 Å². The molecule has 54 heavy (non-hydrogen) atoms. The van der Waals surface area contributed by atoms with Gasteiger partial charge < -0.3 is 8.83 Å². The van der Waals surface area contributed by atoms with Gasteiger partial charge in [-0.2, -0.15) is 0 Å². The molecule has 2 aromatic heterocycles. The van der Waals surface area contributed by atoms with Crippen LogP contribution in [0.3, 0.4) is 0 Å². The third-order valence-corrected chi connectivity index (χ3v) is 10.2. The SMILES string of the molecule is C=C(/C=C\C=C\c1ccc2oc3c(ccc4c3ccc3oc5ccccc5c34)c2c1)c1ccccccc(/C2=C/C=C\C/C=C\C=C/C2)c2ccccc12. The molecule has 0 spiro atoms. The fourth-order valence-corrected chi connectivity index (χ4v) is 7.58. The average Bonchev–Trinajstić information content (AvgIpc) is 3.78. The molecule has 2 nitrogen and oxygen atoms in total. The lowest BCUT2D eigenvalue weighted by molar-refractivity contribution is 0.669. The summed E-state index contributed by atoms with van der Waals surface area (Å²) in [5.74, 6) is 0. The van der Waals surface area contributed by atoms with Crippen LogP contribution in [0.1, 0.15) is 29.5 Å². The van der Waals surface area contributed by atoms with E-state index in [0.29, 0.717) is 0 Å². The summed E-state index contributed by atoms with van der Waals surface area (Å²) < 4.78 is 12.7. The monoisotopic (exact) mass is 694 g/mol. The van der Waals surface area contributed by atoms with Crippen molar-refractivity contribution in [2.75, 3.05) is 0 Å². The molecule has 8 aromatic rings. The van der Waals surface area contributed by atoms with Crippen molar-refractivity contribution in [3.63, 3.8) is 0 Å². The second-order valence-electron chi connectivity index (χ2n) is 13.6. The van der Waals surface area contributed by atoms with Crippen LogP contribution in [-0.2, 0) is 0 Å². The van der Waals surface area contributed by atoms with Gasteiger partial charge in [-0.05, 0) is 93.2 Å². The van der Waals surface area contributed by atoms with Gasteiger partial charge in [-0.3, -0.25) is 0 Å². The van der Waals surface area contributed by atoms with Crippen molar-refractivity contribution in [2.45, 2.75) is 12.8 Å². The zero-order valence-corrected chi connectivity index (χ0v) is 29.9. The highest BCUT2D eigenvalue weighted by Crippen LogP contribution is 2.40. The zero-order valence-electron chi connectivity index (χ0n) is 29.9. The first-order chi connectivity index (χ1) is 26.7. The van der Waals surface area contributed by atoms with Gasteiger partial charge in [0, 0.05) is 26.9 Å². The van der Waals surface area contributed by atoms with Gasteiger partial charge in [0.25, 0.3) is 0 Å². The minimum Gasteiger partial charge on any atom is -0.456 e. The fourth-order valence-electron chi connectivity index (χ4n) is 7.58. The largest absolute Gasteiger partial charge is 0.456 e. The van der Waals surface area contributed by atoms with E-state index in [4.69, 9.17) is 8.83 Å². The highest BCUT2D eigenvalue weighted by atomic mass is 16.3. The molecule has 0 atom stereocenters. The van der Waals surface area contributed by atoms with Crippen LogP contribution in [0.2, 0.25) is 0 Å². The quantitative estimate of drug-likeness (QED) is 0.168. The summed E-state index contributed by atoms with van der Waals surface area (Å²) in [6.07, 6.45) is 25.4. The van der Waals surface area contributed by atoms with Crippen LogP contribution in [0.15, 0.2) is 204 Å². The maximum Gasteiger partial charge on any atom is 0.143 e. The highest BCUT2D eigenvalue weighted by molar-refractivity contribution is 6.25. The number of para-hydroxylation sites is 1. The van der Waals surface area contributed by atoms with Crippen molar-refractivity contribution >= 4 is 82.6 Å². The summed E-state index contributed by atoms with van der Waals surface area (Å²) in [6, 6.07) is 44.6. The van der Waals surface area contributed by atoms with E-state index in [-0.39, 0.29) is 0 Å². The lowest BCUT2D eigenvalue weighted by Crippen LogP contribution is -1.88. The molecule has 0 radical (unpaired) electrons. The molecule has 0 saturated carbocycles. The fraction of sp³-hybridized carbons (Fsp3) is 0.0385. The number of hydrogen-bond acceptors (Lipinski definition) is 2. The van der Waals surface area contributed by atoms with Crippen molar-refractivity contribution in [3.05, 3.63) is 211 Å². The third kappa shape index (κ3) is 6.29. The summed E-state index contributed by atoms with van der Waals surface area (Å²) in [6.45, 7) is 4.54. The second-order valence-corrected chi connectivity index (χ2v) is 13.6. The van der Waals surface area contributed by atoms with Crippen LogP contribution in [0.4, 0.5) is 0 Å². The van der Waals surface area contributed by atoms with E-state index in [0.717, 1.165) is 89.6 Å². The minimum atomic E-state index is 0.840. The molecule has 0 bridgehead atoms. The molecule has 0 N–H and O–H groups in total. The summed E-state index contributed by atoms with van der Waals surface area (Å²) in [4.78, 5) is 0. The molecule has 6 aromatic carbocycles. The maximum atomic E-state index is 6.50. The lowest BCUT2D eigenvalue weighted by atomic mass is 9.93. The smallest absolute Gasteiger partial charge is 0.143 e. The topological polar surface area (TPSA) is 26.3 Å². The Morgan fingerprint density at radius 2 is 1.24 bits per heavy atom. The van der Waals surface area contributed by atoms with E-state index in [1.165, 1.54) is 16.5 Å². The van der Waals surface area contributed by atoms with Gasteiger partial charge in [-0.25, -0.2) is 0 Å². The Bertz CT molecular complexity index is 3000. The van der Waals surface area contributed by atoms with Crippen molar-refractivity contribution in [1.29, 1.82) is 0 Å². The summed E-state index contributed by atoms with van der Waals surface area (Å²) in [5.41, 5.74) is 9.15. The molecule has 0 unspecified atom stereocenters. The molecule has 2 heterocycles. The summed E-state index contributed by atoms with van der Waals surface area (Å²) in [7, 11) is 0. The maximum absolute atomic E-state index is 6.50. The number of allylic oxidation sites excluding steroid dienone is 12. The Morgan fingerprint density at radius 3 is 2.17 bits per heavy atom. The van der Waals surface area contributed by atoms with Crippen molar-refractivity contribution in [1.82, 2.24) is 0 Å². The first-order valence-corrected chi connectivity index (χ1v) is 18.5. The van der Waals surface area contributed by atoms with Gasteiger partial charge >= 0.3 is 0 Å². The molecule has 0 amide bonds. The highest BCUT2D eigenvalue weighted by Gasteiger charge is 2.15. The molecule has 0 aliphatic heterocycles. The average molecular weight is 695 g/mol. The van der Waals surface area contributed by atoms with Crippen LogP contribution in [0.25, 0.3) is 82.6 Å². The molecule has 2 heteroatoms. The molecular formula is C52H38O2. The molecule has 1 aliphatic rings. The van der Waals surface area contributed by atoms with Crippen molar-refractivity contribution in [2.24, 2.45) is 0 Å². The van der Waals surface area contributed by atoms with E-state index < -0.39 is 0 Å². The first-order valence-electron chi connectivity index (χ1n) is 18.5. The second kappa shape index (κ2) is 14.6. The van der Waals surface area contributed by atoms with Gasteiger partial charge in [0.05, 0.1) is 0 Å². The van der Waals surface area contributed by atoms with Crippen molar-refractivity contribution < 1.29 is 8.83 Å². The standard InChI is InChI=1S/C52H38O2/c1-36(39-23-11-7-8-12-24-40(42-26-16-15-25-41(39)42)38-21-9-5-3-2-4-6-10-22-38)19-13-14-20-37-29-33-49-47(35-37)45-31-30-43-44(52(45)54-49)32-34-50-51(43)46-27-17-18-28-48(46)53-50/h2-3,5-20,22-35H,1,4,21H2/b3-2-,8-7?,9-5-,10-6-,11-7?,12-8?,19-13-,20-14+,23-11?,24-12?,38-22+,39-23?,40-24?,41-39?,42-40?. The van der Waals surface area contributed by atoms with Gasteiger partial charge in [-0.15, -0.1) is 0 Å². The number of hydrogen-bond donors (Lipinski definition) is 0. The molecule has 1 aliphatic carbocycles. The predicted molar refractivity (Wildman–Crippen MR) is 232 cm³/mol. The van der Waals surface area contributed by atoms with Gasteiger partial charge in [0.15, 0.2) is 0 Å². The number of rotatable bonds is 5. The molecule has 9 rings (SSSR count). The van der Waals surface area contributed by atoms with Crippen molar-refractivity contribution in [3.8, 4) is 0 Å². The van der Waals surface area contributed by atoms with Gasteiger partial charge in [0.1, 0.15) is 22.3 Å². The Kier molecular flexibility index (Phi) is 8.92. The minimum absolute atomic E-state index is 0.840. The van der Waals surface area contributed by atoms with E-state index in [1.54, 1.807) is 0 Å². The van der Waals surface area contributed by atoms with E-state index in [1.807, 2.05) is 12.1 Å². The normalized spacial score (nSPS) is 16.3. The lowest BCUT2D eigenvalue weighted by Gasteiger charge is -2.11. The van der Waals surface area contributed by atoms with Gasteiger partial charge in [-0.1, -0.05) is 164 Å². The zero-order chi connectivity index (χ0) is 36.3. The predicted octanol–water partition coefficient (Wildman–Crippen LogP) is 15.0. The Hall–Kier alpha value is -6.90. The van der Waals surface area contributed by atoms with Crippen LogP contribution in [0.5, 0.6) is 0 Å². The Balaban J connectivity index is 1.04. The van der Waals surface area contributed by atoms with E-state index in [2.05, 4.69) is 189 Å². The number of fused-ring (bicyclic) bond motifs is 10. The Labute approximate surface area is 314 Å². The molecule has 0 fully saturated rings. The van der Waals surface area contributed by atoms with Crippen LogP contribution < -0.4 is 0 Å². The third-order valence-electron chi connectivity index (χ3n) is 10.2. The van der Waals surface area contributed by atoms with E-state index >= 15 is 0 Å². The number of furan rings is 2. The molecule has 0 saturated heterocycles. The summed E-state index contributed by atoms with van der Waals surface area (Å²) >= 11 is 0. The molecule has 258 valence electrons. The van der Waals surface area contributed by atoms with Crippen LogP contribution in [-0.4, -0.2) is 0 Å². The van der Waals surface area contributed by atoms with E-state index in [9.17, 15) is 0 Å². The van der Waals surface area contributed by atoms with Crippen LogP contribution >= 0.6 is 0 Å². The first kappa shape index (κ1) is 33.0. The Morgan fingerprint density at radius 1 is 0.537 bits per heavy atom. The van der Waals surface area contributed by atoms with Gasteiger partial charge in [0.2, 0.25) is 0 Å².